The molecule has 0 radical (unpaired) electrons. The van der Waals surface area contributed by atoms with E-state index in [2.05, 4.69) is 0 Å². The maximum Gasteiger partial charge on any atom is 0.337 e. The molecule has 1 aromatic heterocycles. The summed E-state index contributed by atoms with van der Waals surface area (Å²) in [5, 5.41) is 20.7. The van der Waals surface area contributed by atoms with Crippen molar-refractivity contribution in [1.82, 2.24) is 4.57 Å². The molecule has 2 rings (SSSR count). The molecular formula is C18H25NO3. The first kappa shape index (κ1) is 16.6. The SMILES string of the molecule is Cc1c(C(C)O)c2cc(C(C)C)cc(C(=O)O)c2n1C(C)C. The van der Waals surface area contributed by atoms with E-state index < -0.39 is 12.1 Å². The Morgan fingerprint density at radius 2 is 1.73 bits per heavy atom. The van der Waals surface area contributed by atoms with Crippen molar-refractivity contribution >= 4 is 16.9 Å². The van der Waals surface area contributed by atoms with Gasteiger partial charge in [-0.25, -0.2) is 4.79 Å². The number of carboxylic acids is 1. The highest BCUT2D eigenvalue weighted by atomic mass is 16.4. The fourth-order valence-electron chi connectivity index (χ4n) is 3.28. The first-order valence-corrected chi connectivity index (χ1v) is 7.76. The molecule has 0 aliphatic rings. The molecule has 0 aliphatic carbocycles. The lowest BCUT2D eigenvalue weighted by molar-refractivity contribution is 0.0698. The Bertz CT molecular complexity index is 724. The zero-order chi connectivity index (χ0) is 16.8. The number of rotatable bonds is 4. The number of benzene rings is 1. The Hall–Kier alpha value is -1.81. The van der Waals surface area contributed by atoms with Crippen LogP contribution in [0.2, 0.25) is 0 Å². The number of hydrogen-bond acceptors (Lipinski definition) is 2. The molecule has 0 fully saturated rings. The van der Waals surface area contributed by atoms with Gasteiger partial charge in [0.05, 0.1) is 17.2 Å². The highest BCUT2D eigenvalue weighted by Gasteiger charge is 2.24. The number of carboxylic acid groups (broad SMARTS) is 1. The van der Waals surface area contributed by atoms with Gasteiger partial charge >= 0.3 is 5.97 Å². The minimum atomic E-state index is -0.927. The van der Waals surface area contributed by atoms with Gasteiger partial charge in [0.25, 0.3) is 0 Å². The van der Waals surface area contributed by atoms with Crippen molar-refractivity contribution in [2.75, 3.05) is 0 Å². The van der Waals surface area contributed by atoms with Gasteiger partial charge in [0.1, 0.15) is 0 Å². The number of fused-ring (bicyclic) bond motifs is 1. The quantitative estimate of drug-likeness (QED) is 0.879. The summed E-state index contributed by atoms with van der Waals surface area (Å²) in [6.07, 6.45) is -0.633. The van der Waals surface area contributed by atoms with Crippen molar-refractivity contribution in [3.05, 3.63) is 34.5 Å². The van der Waals surface area contributed by atoms with Gasteiger partial charge in [-0.2, -0.15) is 0 Å². The molecule has 2 aromatic rings. The second kappa shape index (κ2) is 5.76. The Kier molecular flexibility index (Phi) is 4.34. The summed E-state index contributed by atoms with van der Waals surface area (Å²) in [7, 11) is 0. The summed E-state index contributed by atoms with van der Waals surface area (Å²) >= 11 is 0. The topological polar surface area (TPSA) is 62.5 Å². The summed E-state index contributed by atoms with van der Waals surface area (Å²) in [6.45, 7) is 11.8. The summed E-state index contributed by atoms with van der Waals surface area (Å²) < 4.78 is 2.02. The van der Waals surface area contributed by atoms with E-state index in [0.29, 0.717) is 11.1 Å². The van der Waals surface area contributed by atoms with Crippen molar-refractivity contribution in [2.45, 2.75) is 59.6 Å². The predicted molar refractivity (Wildman–Crippen MR) is 88.7 cm³/mol. The second-order valence-electron chi connectivity index (χ2n) is 6.56. The number of aromatic nitrogens is 1. The highest BCUT2D eigenvalue weighted by Crippen LogP contribution is 2.37. The molecule has 0 saturated carbocycles. The zero-order valence-electron chi connectivity index (χ0n) is 14.1. The molecular weight excluding hydrogens is 278 g/mol. The van der Waals surface area contributed by atoms with Gasteiger partial charge in [0.2, 0.25) is 0 Å². The lowest BCUT2D eigenvalue weighted by Crippen LogP contribution is -2.08. The Morgan fingerprint density at radius 1 is 1.14 bits per heavy atom. The summed E-state index contributed by atoms with van der Waals surface area (Å²) in [6, 6.07) is 3.91. The van der Waals surface area contributed by atoms with Crippen molar-refractivity contribution in [3.63, 3.8) is 0 Å². The molecule has 22 heavy (non-hydrogen) atoms. The molecule has 1 unspecified atom stereocenters. The number of aliphatic hydroxyl groups excluding tert-OH is 1. The van der Waals surface area contributed by atoms with Crippen LogP contribution in [-0.2, 0) is 0 Å². The maximum absolute atomic E-state index is 11.8. The number of hydrogen-bond donors (Lipinski definition) is 2. The molecule has 0 saturated heterocycles. The third-order valence-corrected chi connectivity index (χ3v) is 4.25. The first-order chi connectivity index (χ1) is 10.2. The van der Waals surface area contributed by atoms with Crippen LogP contribution in [0.5, 0.6) is 0 Å². The summed E-state index contributed by atoms with van der Waals surface area (Å²) in [4.78, 5) is 11.8. The normalized spacial score (nSPS) is 13.3. The fraction of sp³-hybridized carbons (Fsp3) is 0.500. The van der Waals surface area contributed by atoms with E-state index in [9.17, 15) is 15.0 Å². The molecule has 4 nitrogen and oxygen atoms in total. The molecule has 1 heterocycles. The molecule has 0 bridgehead atoms. The Labute approximate surface area is 131 Å². The van der Waals surface area contributed by atoms with Gasteiger partial charge in [-0.05, 0) is 51.3 Å². The van der Waals surface area contributed by atoms with Crippen LogP contribution in [0.25, 0.3) is 10.9 Å². The van der Waals surface area contributed by atoms with Crippen LogP contribution in [0.1, 0.15) is 79.9 Å². The van der Waals surface area contributed by atoms with E-state index in [1.165, 1.54) is 0 Å². The van der Waals surface area contributed by atoms with Crippen molar-refractivity contribution in [1.29, 1.82) is 0 Å². The molecule has 1 atom stereocenters. The van der Waals surface area contributed by atoms with Gasteiger partial charge in [-0.15, -0.1) is 0 Å². The second-order valence-corrected chi connectivity index (χ2v) is 6.56. The molecule has 1 aromatic carbocycles. The smallest absolute Gasteiger partial charge is 0.337 e. The fourth-order valence-corrected chi connectivity index (χ4v) is 3.28. The van der Waals surface area contributed by atoms with E-state index in [1.807, 2.05) is 45.3 Å². The molecule has 0 amide bonds. The van der Waals surface area contributed by atoms with Crippen LogP contribution in [-0.4, -0.2) is 20.7 Å². The summed E-state index contributed by atoms with van der Waals surface area (Å²) in [5.41, 5.74) is 3.76. The largest absolute Gasteiger partial charge is 0.478 e. The van der Waals surface area contributed by atoms with Crippen LogP contribution in [0.15, 0.2) is 12.1 Å². The van der Waals surface area contributed by atoms with Crippen LogP contribution in [0, 0.1) is 6.92 Å². The standard InChI is InChI=1S/C18H25NO3/c1-9(2)13-7-14-16(12(6)20)11(5)19(10(3)4)17(14)15(8-13)18(21)22/h7-10,12,20H,1-6H3,(H,21,22). The van der Waals surface area contributed by atoms with Crippen molar-refractivity contribution < 1.29 is 15.0 Å². The predicted octanol–water partition coefficient (Wildman–Crippen LogP) is 4.41. The zero-order valence-corrected chi connectivity index (χ0v) is 14.1. The van der Waals surface area contributed by atoms with E-state index in [4.69, 9.17) is 0 Å². The molecule has 0 spiro atoms. The third kappa shape index (κ3) is 2.52. The van der Waals surface area contributed by atoms with Gasteiger partial charge in [-0.1, -0.05) is 13.8 Å². The van der Waals surface area contributed by atoms with Crippen LogP contribution in [0.3, 0.4) is 0 Å². The van der Waals surface area contributed by atoms with E-state index in [0.717, 1.165) is 22.2 Å². The monoisotopic (exact) mass is 303 g/mol. The first-order valence-electron chi connectivity index (χ1n) is 7.76. The maximum atomic E-state index is 11.8. The molecule has 2 N–H and O–H groups in total. The average molecular weight is 303 g/mol. The van der Waals surface area contributed by atoms with Crippen LogP contribution >= 0.6 is 0 Å². The van der Waals surface area contributed by atoms with E-state index in [1.54, 1.807) is 13.0 Å². The van der Waals surface area contributed by atoms with Crippen molar-refractivity contribution in [2.24, 2.45) is 0 Å². The Morgan fingerprint density at radius 3 is 2.14 bits per heavy atom. The number of aliphatic hydroxyl groups is 1. The van der Waals surface area contributed by atoms with Gasteiger partial charge in [0.15, 0.2) is 0 Å². The third-order valence-electron chi connectivity index (χ3n) is 4.25. The van der Waals surface area contributed by atoms with E-state index in [-0.39, 0.29) is 12.0 Å². The summed E-state index contributed by atoms with van der Waals surface area (Å²) in [5.74, 6) is -0.698. The molecule has 4 heteroatoms. The van der Waals surface area contributed by atoms with Crippen molar-refractivity contribution in [3.8, 4) is 0 Å². The van der Waals surface area contributed by atoms with E-state index >= 15 is 0 Å². The number of aromatic carboxylic acids is 1. The number of nitrogens with zero attached hydrogens (tertiary/aromatic N) is 1. The highest BCUT2D eigenvalue weighted by molar-refractivity contribution is 6.04. The molecule has 0 aliphatic heterocycles. The minimum Gasteiger partial charge on any atom is -0.478 e. The van der Waals surface area contributed by atoms with Crippen LogP contribution in [0.4, 0.5) is 0 Å². The minimum absolute atomic E-state index is 0.123. The lowest BCUT2D eigenvalue weighted by Gasteiger charge is -2.15. The number of carbonyl (C=O) groups is 1. The van der Waals surface area contributed by atoms with Gasteiger partial charge in [0, 0.05) is 22.7 Å². The van der Waals surface area contributed by atoms with Gasteiger partial charge < -0.3 is 14.8 Å². The Balaban J connectivity index is 3.04. The average Bonchev–Trinajstić information content (AvgIpc) is 2.68. The lowest BCUT2D eigenvalue weighted by atomic mass is 9.95. The van der Waals surface area contributed by atoms with Crippen LogP contribution < -0.4 is 0 Å². The van der Waals surface area contributed by atoms with Gasteiger partial charge in [-0.3, -0.25) is 0 Å². The molecule has 120 valence electrons.